The number of carbonyl (C=O) groups excluding carboxylic acids is 1. The van der Waals surface area contributed by atoms with Gasteiger partial charge in [-0.2, -0.15) is 5.10 Å². The second kappa shape index (κ2) is 6.54. The quantitative estimate of drug-likeness (QED) is 0.812. The van der Waals surface area contributed by atoms with Gasteiger partial charge < -0.3 is 10.1 Å². The van der Waals surface area contributed by atoms with Crippen LogP contribution in [0.1, 0.15) is 41.5 Å². The maximum absolute atomic E-state index is 12.6. The maximum Gasteiger partial charge on any atom is 0.329 e. The molecule has 0 radical (unpaired) electrons. The summed E-state index contributed by atoms with van der Waals surface area (Å²) in [5.74, 6) is 0.753. The average molecular weight is 370 g/mol. The normalized spacial score (nSPS) is 17.2. The van der Waals surface area contributed by atoms with E-state index >= 15 is 0 Å². The molecule has 2 amide bonds. The molecule has 2 N–H and O–H groups in total. The second-order valence-corrected chi connectivity index (χ2v) is 7.98. The lowest BCUT2D eigenvalue weighted by atomic mass is 9.99. The van der Waals surface area contributed by atoms with Crippen molar-refractivity contribution in [2.75, 3.05) is 11.9 Å². The van der Waals surface area contributed by atoms with Crippen molar-refractivity contribution in [1.29, 1.82) is 0 Å². The Labute approximate surface area is 156 Å². The van der Waals surface area contributed by atoms with Gasteiger partial charge in [-0.05, 0) is 72.7 Å². The SMILES string of the molecule is O=C(NSc1cnn2c1OCCC2)Nc1c2c(cc3c1CCC3)CCC2. The van der Waals surface area contributed by atoms with Crippen LogP contribution in [0.15, 0.2) is 17.2 Å². The number of benzene rings is 1. The predicted octanol–water partition coefficient (Wildman–Crippen LogP) is 3.47. The number of anilines is 1. The van der Waals surface area contributed by atoms with Crippen molar-refractivity contribution < 1.29 is 9.53 Å². The Balaban J connectivity index is 1.32. The third kappa shape index (κ3) is 2.74. The zero-order valence-electron chi connectivity index (χ0n) is 14.6. The number of hydrogen-bond donors (Lipinski definition) is 2. The van der Waals surface area contributed by atoms with Crippen molar-refractivity contribution in [2.24, 2.45) is 0 Å². The number of hydrogen-bond acceptors (Lipinski definition) is 4. The minimum absolute atomic E-state index is 0.180. The van der Waals surface area contributed by atoms with Gasteiger partial charge in [0.05, 0.1) is 12.8 Å². The first kappa shape index (κ1) is 16.1. The van der Waals surface area contributed by atoms with Crippen molar-refractivity contribution in [2.45, 2.75) is 56.4 Å². The van der Waals surface area contributed by atoms with E-state index in [9.17, 15) is 4.79 Å². The molecule has 0 spiro atoms. The van der Waals surface area contributed by atoms with Gasteiger partial charge in [-0.25, -0.2) is 9.48 Å². The number of nitrogens with zero attached hydrogens (tertiary/aromatic N) is 2. The van der Waals surface area contributed by atoms with Crippen molar-refractivity contribution >= 4 is 23.7 Å². The molecule has 0 bridgehead atoms. The molecular weight excluding hydrogens is 348 g/mol. The first-order valence-electron chi connectivity index (χ1n) is 9.38. The zero-order valence-corrected chi connectivity index (χ0v) is 15.5. The number of urea groups is 1. The molecule has 2 heterocycles. The van der Waals surface area contributed by atoms with Gasteiger partial charge in [-0.1, -0.05) is 6.07 Å². The Morgan fingerprint density at radius 1 is 1.12 bits per heavy atom. The van der Waals surface area contributed by atoms with Gasteiger partial charge in [0.1, 0.15) is 4.90 Å². The van der Waals surface area contributed by atoms with Gasteiger partial charge in [0, 0.05) is 18.7 Å². The summed E-state index contributed by atoms with van der Waals surface area (Å²) in [6.45, 7) is 1.57. The highest BCUT2D eigenvalue weighted by Crippen LogP contribution is 2.38. The molecule has 0 atom stereocenters. The monoisotopic (exact) mass is 370 g/mol. The fourth-order valence-electron chi connectivity index (χ4n) is 4.32. The molecule has 5 rings (SSSR count). The Morgan fingerprint density at radius 2 is 1.88 bits per heavy atom. The number of rotatable bonds is 3. The Bertz CT molecular complexity index is 845. The summed E-state index contributed by atoms with van der Waals surface area (Å²) in [7, 11) is 0. The fourth-order valence-corrected chi connectivity index (χ4v) is 4.93. The van der Waals surface area contributed by atoms with Crippen LogP contribution in [-0.4, -0.2) is 22.4 Å². The number of carbonyl (C=O) groups is 1. The fraction of sp³-hybridized carbons (Fsp3) is 0.474. The van der Waals surface area contributed by atoms with Gasteiger partial charge in [-0.3, -0.25) is 4.72 Å². The highest BCUT2D eigenvalue weighted by Gasteiger charge is 2.25. The lowest BCUT2D eigenvalue weighted by molar-refractivity contribution is 0.225. The molecular formula is C19H22N4O2S. The summed E-state index contributed by atoms with van der Waals surface area (Å²) >= 11 is 1.27. The van der Waals surface area contributed by atoms with E-state index in [-0.39, 0.29) is 6.03 Å². The van der Waals surface area contributed by atoms with Crippen LogP contribution in [0.25, 0.3) is 0 Å². The molecule has 0 saturated heterocycles. The average Bonchev–Trinajstić information content (AvgIpc) is 3.39. The van der Waals surface area contributed by atoms with Crippen LogP contribution in [0, 0.1) is 0 Å². The van der Waals surface area contributed by atoms with E-state index in [0.717, 1.165) is 55.1 Å². The summed E-state index contributed by atoms with van der Waals surface area (Å²) in [6, 6.07) is 2.19. The summed E-state index contributed by atoms with van der Waals surface area (Å²) in [5, 5.41) is 7.46. The summed E-state index contributed by atoms with van der Waals surface area (Å²) in [6.07, 6.45) is 9.49. The second-order valence-electron chi connectivity index (χ2n) is 7.13. The topological polar surface area (TPSA) is 68.2 Å². The van der Waals surface area contributed by atoms with Crippen LogP contribution in [0.3, 0.4) is 0 Å². The van der Waals surface area contributed by atoms with Gasteiger partial charge >= 0.3 is 6.03 Å². The highest BCUT2D eigenvalue weighted by molar-refractivity contribution is 7.98. The van der Waals surface area contributed by atoms with E-state index in [1.54, 1.807) is 6.20 Å². The number of nitrogens with one attached hydrogen (secondary N) is 2. The van der Waals surface area contributed by atoms with Gasteiger partial charge in [-0.15, -0.1) is 0 Å². The van der Waals surface area contributed by atoms with E-state index in [0.29, 0.717) is 6.61 Å². The number of amides is 2. The van der Waals surface area contributed by atoms with E-state index in [2.05, 4.69) is 21.2 Å². The predicted molar refractivity (Wildman–Crippen MR) is 101 cm³/mol. The van der Waals surface area contributed by atoms with Crippen molar-refractivity contribution in [3.05, 3.63) is 34.5 Å². The largest absolute Gasteiger partial charge is 0.477 e. The van der Waals surface area contributed by atoms with Gasteiger partial charge in [0.2, 0.25) is 5.88 Å². The first-order chi connectivity index (χ1) is 12.8. The molecule has 7 heteroatoms. The Kier molecular flexibility index (Phi) is 4.04. The number of fused-ring (bicyclic) bond motifs is 3. The van der Waals surface area contributed by atoms with Crippen LogP contribution >= 0.6 is 11.9 Å². The van der Waals surface area contributed by atoms with Crippen molar-refractivity contribution in [1.82, 2.24) is 14.5 Å². The number of aryl methyl sites for hydroxylation is 3. The highest BCUT2D eigenvalue weighted by atomic mass is 32.2. The molecule has 0 saturated carbocycles. The molecule has 1 aliphatic heterocycles. The Morgan fingerprint density at radius 3 is 2.65 bits per heavy atom. The molecule has 26 heavy (non-hydrogen) atoms. The van der Waals surface area contributed by atoms with Crippen LogP contribution in [-0.2, 0) is 32.2 Å². The molecule has 3 aliphatic rings. The minimum Gasteiger partial charge on any atom is -0.477 e. The van der Waals surface area contributed by atoms with Crippen LogP contribution < -0.4 is 14.8 Å². The zero-order chi connectivity index (χ0) is 17.5. The van der Waals surface area contributed by atoms with Gasteiger partial charge in [0.15, 0.2) is 0 Å². The summed E-state index contributed by atoms with van der Waals surface area (Å²) in [5.41, 5.74) is 6.60. The molecule has 6 nitrogen and oxygen atoms in total. The van der Waals surface area contributed by atoms with Crippen LogP contribution in [0.4, 0.5) is 10.5 Å². The van der Waals surface area contributed by atoms with E-state index in [4.69, 9.17) is 4.74 Å². The third-order valence-corrected chi connectivity index (χ3v) is 6.27. The molecule has 1 aromatic heterocycles. The van der Waals surface area contributed by atoms with Crippen molar-refractivity contribution in [3.8, 4) is 5.88 Å². The van der Waals surface area contributed by atoms with E-state index < -0.39 is 0 Å². The van der Waals surface area contributed by atoms with Crippen molar-refractivity contribution in [3.63, 3.8) is 0 Å². The Hall–Kier alpha value is -2.15. The summed E-state index contributed by atoms with van der Waals surface area (Å²) in [4.78, 5) is 13.4. The van der Waals surface area contributed by atoms with E-state index in [1.165, 1.54) is 47.0 Å². The molecule has 136 valence electrons. The minimum atomic E-state index is -0.180. The van der Waals surface area contributed by atoms with Crippen LogP contribution in [0.2, 0.25) is 0 Å². The third-order valence-electron chi connectivity index (χ3n) is 5.48. The van der Waals surface area contributed by atoms with Gasteiger partial charge in [0.25, 0.3) is 0 Å². The number of ether oxygens (including phenoxy) is 1. The number of aromatic nitrogens is 2. The molecule has 0 unspecified atom stereocenters. The van der Waals surface area contributed by atoms with Crippen LogP contribution in [0.5, 0.6) is 5.88 Å². The summed E-state index contributed by atoms with van der Waals surface area (Å²) < 4.78 is 10.4. The molecule has 1 aromatic carbocycles. The molecule has 2 aliphatic carbocycles. The smallest absolute Gasteiger partial charge is 0.329 e. The molecule has 0 fully saturated rings. The first-order valence-corrected chi connectivity index (χ1v) is 10.2. The maximum atomic E-state index is 12.6. The van der Waals surface area contributed by atoms with E-state index in [1.807, 2.05) is 4.68 Å². The standard InChI is InChI=1S/C19H22N4O2S/c24-19(22-26-16-11-20-23-8-3-9-25-18(16)23)21-17-14-6-1-4-12(14)10-13-5-2-7-15(13)17/h10-11H,1-9H2,(H2,21,22,24). The molecule has 2 aromatic rings. The lowest BCUT2D eigenvalue weighted by Gasteiger charge is -2.17. The lowest BCUT2D eigenvalue weighted by Crippen LogP contribution is -2.24.